The van der Waals surface area contributed by atoms with E-state index in [2.05, 4.69) is 0 Å². The molecule has 0 saturated heterocycles. The number of hydrogen-bond donors (Lipinski definition) is 3. The maximum atomic E-state index is 11.6. The van der Waals surface area contributed by atoms with Crippen LogP contribution in [0.3, 0.4) is 0 Å². The molecular weight excluding hydrogens is 324 g/mol. The van der Waals surface area contributed by atoms with Gasteiger partial charge >= 0.3 is 5.97 Å². The van der Waals surface area contributed by atoms with E-state index in [4.69, 9.17) is 0 Å². The van der Waals surface area contributed by atoms with Crippen molar-refractivity contribution < 1.29 is 20.1 Å². The molecule has 0 unspecified atom stereocenters. The van der Waals surface area contributed by atoms with Crippen molar-refractivity contribution in [1.82, 2.24) is 0 Å². The fourth-order valence-corrected chi connectivity index (χ4v) is 3.98. The zero-order chi connectivity index (χ0) is 17.3. The smallest absolute Gasteiger partial charge is 0.346 e. The summed E-state index contributed by atoms with van der Waals surface area (Å²) in [6.45, 7) is 1.93. The Bertz CT molecular complexity index is 877. The average Bonchev–Trinajstić information content (AvgIpc) is 2.96. The molecule has 0 aliphatic heterocycles. The second kappa shape index (κ2) is 6.37. The van der Waals surface area contributed by atoms with Gasteiger partial charge in [0.05, 0.1) is 0 Å². The lowest BCUT2D eigenvalue weighted by Gasteiger charge is -2.08. The number of carbonyl (C=O) groups is 1. The van der Waals surface area contributed by atoms with E-state index in [0.29, 0.717) is 11.3 Å². The van der Waals surface area contributed by atoms with Crippen LogP contribution in [0.15, 0.2) is 48.5 Å². The normalized spacial score (nSPS) is 10.7. The monoisotopic (exact) mass is 340 g/mol. The predicted molar refractivity (Wildman–Crippen MR) is 94.9 cm³/mol. The van der Waals surface area contributed by atoms with Crippen LogP contribution in [0.4, 0.5) is 0 Å². The van der Waals surface area contributed by atoms with Crippen molar-refractivity contribution in [2.75, 3.05) is 0 Å². The Balaban J connectivity index is 2.29. The number of carboxylic acids is 1. The van der Waals surface area contributed by atoms with E-state index in [9.17, 15) is 20.1 Å². The van der Waals surface area contributed by atoms with E-state index < -0.39 is 5.97 Å². The summed E-state index contributed by atoms with van der Waals surface area (Å²) in [5, 5.41) is 28.6. The molecule has 0 spiro atoms. The fraction of sp³-hybridized carbons (Fsp3) is 0.105. The molecule has 0 saturated carbocycles. The third-order valence-electron chi connectivity index (χ3n) is 3.84. The van der Waals surface area contributed by atoms with Crippen LogP contribution in [0.5, 0.6) is 11.5 Å². The van der Waals surface area contributed by atoms with Gasteiger partial charge in [0, 0.05) is 10.4 Å². The van der Waals surface area contributed by atoms with E-state index >= 15 is 0 Å². The molecule has 4 nitrogen and oxygen atoms in total. The molecule has 24 heavy (non-hydrogen) atoms. The lowest BCUT2D eigenvalue weighted by Crippen LogP contribution is -1.97. The van der Waals surface area contributed by atoms with Crippen molar-refractivity contribution in [2.45, 2.75) is 13.3 Å². The summed E-state index contributed by atoms with van der Waals surface area (Å²) in [5.74, 6) is -0.616. The van der Waals surface area contributed by atoms with Gasteiger partial charge in [-0.25, -0.2) is 4.79 Å². The SMILES string of the molecule is CCc1c(C(=O)O)sc(-c2ccc(O)cc2)c1-c1ccc(O)cc1. The molecule has 3 rings (SSSR count). The Morgan fingerprint density at radius 1 is 0.917 bits per heavy atom. The molecule has 0 atom stereocenters. The first-order valence-electron chi connectivity index (χ1n) is 7.49. The summed E-state index contributed by atoms with van der Waals surface area (Å²) in [5.41, 5.74) is 3.35. The number of aromatic carboxylic acids is 1. The quantitative estimate of drug-likeness (QED) is 0.640. The van der Waals surface area contributed by atoms with E-state index in [1.807, 2.05) is 6.92 Å². The van der Waals surface area contributed by atoms with E-state index in [-0.39, 0.29) is 11.5 Å². The minimum Gasteiger partial charge on any atom is -0.508 e. The van der Waals surface area contributed by atoms with E-state index in [1.54, 1.807) is 48.5 Å². The zero-order valence-electron chi connectivity index (χ0n) is 13.0. The molecule has 0 amide bonds. The molecule has 0 aliphatic rings. The van der Waals surface area contributed by atoms with E-state index in [0.717, 1.165) is 27.1 Å². The minimum atomic E-state index is -0.943. The first-order chi connectivity index (χ1) is 11.5. The summed E-state index contributed by atoms with van der Waals surface area (Å²) in [6.07, 6.45) is 0.590. The van der Waals surface area contributed by atoms with Crippen molar-refractivity contribution in [3.8, 4) is 33.1 Å². The Kier molecular flexibility index (Phi) is 4.27. The van der Waals surface area contributed by atoms with Crippen LogP contribution >= 0.6 is 11.3 Å². The molecule has 0 radical (unpaired) electrons. The standard InChI is InChI=1S/C19H16O4S/c1-2-15-16(11-3-7-13(20)8-4-11)17(24-18(15)19(22)23)12-5-9-14(21)10-6-12/h3-10,20-21H,2H2,1H3,(H,22,23). The molecule has 3 aromatic rings. The van der Waals surface area contributed by atoms with E-state index in [1.165, 1.54) is 11.3 Å². The lowest BCUT2D eigenvalue weighted by atomic mass is 9.96. The Labute approximate surface area is 143 Å². The number of rotatable bonds is 4. The molecule has 1 aromatic heterocycles. The van der Waals surface area contributed by atoms with Gasteiger partial charge in [-0.15, -0.1) is 11.3 Å². The Morgan fingerprint density at radius 2 is 1.42 bits per heavy atom. The van der Waals surface area contributed by atoms with Gasteiger partial charge in [0.1, 0.15) is 16.4 Å². The fourth-order valence-electron chi connectivity index (χ4n) is 2.72. The van der Waals surface area contributed by atoms with Crippen LogP contribution in [0.1, 0.15) is 22.2 Å². The maximum absolute atomic E-state index is 11.6. The van der Waals surface area contributed by atoms with Crippen LogP contribution in [0.25, 0.3) is 21.6 Å². The van der Waals surface area contributed by atoms with Crippen LogP contribution < -0.4 is 0 Å². The second-order valence-corrected chi connectivity index (χ2v) is 6.39. The molecule has 2 aromatic carbocycles. The highest BCUT2D eigenvalue weighted by Gasteiger charge is 2.23. The average molecular weight is 340 g/mol. The van der Waals surface area contributed by atoms with Gasteiger partial charge in [-0.05, 0) is 59.5 Å². The zero-order valence-corrected chi connectivity index (χ0v) is 13.8. The highest BCUT2D eigenvalue weighted by atomic mass is 32.1. The highest BCUT2D eigenvalue weighted by Crippen LogP contribution is 2.44. The molecule has 0 bridgehead atoms. The molecule has 1 heterocycles. The van der Waals surface area contributed by atoms with Gasteiger partial charge in [-0.1, -0.05) is 19.1 Å². The number of benzene rings is 2. The molecule has 122 valence electrons. The maximum Gasteiger partial charge on any atom is 0.346 e. The van der Waals surface area contributed by atoms with Crippen LogP contribution in [0, 0.1) is 0 Å². The van der Waals surface area contributed by atoms with Crippen molar-refractivity contribution >= 4 is 17.3 Å². The third-order valence-corrected chi connectivity index (χ3v) is 5.11. The molecule has 3 N–H and O–H groups in total. The topological polar surface area (TPSA) is 77.8 Å². The number of carboxylic acid groups (broad SMARTS) is 1. The van der Waals surface area contributed by atoms with Crippen LogP contribution in [-0.2, 0) is 6.42 Å². The first kappa shape index (κ1) is 16.1. The van der Waals surface area contributed by atoms with Gasteiger partial charge in [0.2, 0.25) is 0 Å². The summed E-state index contributed by atoms with van der Waals surface area (Å²) < 4.78 is 0. The molecule has 0 aliphatic carbocycles. The summed E-state index contributed by atoms with van der Waals surface area (Å²) in [7, 11) is 0. The van der Waals surface area contributed by atoms with Crippen LogP contribution in [-0.4, -0.2) is 21.3 Å². The molecule has 5 heteroatoms. The summed E-state index contributed by atoms with van der Waals surface area (Å²) >= 11 is 1.23. The van der Waals surface area contributed by atoms with Gasteiger partial charge in [0.15, 0.2) is 0 Å². The first-order valence-corrected chi connectivity index (χ1v) is 8.30. The number of thiophene rings is 1. The van der Waals surface area contributed by atoms with Crippen molar-refractivity contribution in [3.05, 3.63) is 59.0 Å². The second-order valence-electron chi connectivity index (χ2n) is 5.37. The number of hydrogen-bond acceptors (Lipinski definition) is 4. The van der Waals surface area contributed by atoms with Crippen LogP contribution in [0.2, 0.25) is 0 Å². The molecule has 0 fully saturated rings. The Morgan fingerprint density at radius 3 is 1.88 bits per heavy atom. The number of phenols is 2. The highest BCUT2D eigenvalue weighted by molar-refractivity contribution is 7.18. The van der Waals surface area contributed by atoms with Crippen molar-refractivity contribution in [3.63, 3.8) is 0 Å². The van der Waals surface area contributed by atoms with Gasteiger partial charge in [0.25, 0.3) is 0 Å². The van der Waals surface area contributed by atoms with Crippen molar-refractivity contribution in [2.24, 2.45) is 0 Å². The molecular formula is C19H16O4S. The lowest BCUT2D eigenvalue weighted by molar-refractivity contribution is 0.0701. The third kappa shape index (κ3) is 2.86. The number of phenolic OH excluding ortho intramolecular Hbond substituents is 2. The van der Waals surface area contributed by atoms with Gasteiger partial charge < -0.3 is 15.3 Å². The summed E-state index contributed by atoms with van der Waals surface area (Å²) in [6, 6.07) is 13.5. The largest absolute Gasteiger partial charge is 0.508 e. The van der Waals surface area contributed by atoms with Gasteiger partial charge in [-0.2, -0.15) is 0 Å². The minimum absolute atomic E-state index is 0.163. The summed E-state index contributed by atoms with van der Waals surface area (Å²) in [4.78, 5) is 12.8. The van der Waals surface area contributed by atoms with Gasteiger partial charge in [-0.3, -0.25) is 0 Å². The van der Waals surface area contributed by atoms with Crippen molar-refractivity contribution in [1.29, 1.82) is 0 Å². The Hall–Kier alpha value is -2.79. The predicted octanol–water partition coefficient (Wildman–Crippen LogP) is 4.75. The number of aromatic hydroxyl groups is 2.